The van der Waals surface area contributed by atoms with E-state index in [2.05, 4.69) is 52.5 Å². The first kappa shape index (κ1) is 11.8. The molecule has 82 valence electrons. The summed E-state index contributed by atoms with van der Waals surface area (Å²) in [5.41, 5.74) is 1.94. The van der Waals surface area contributed by atoms with Crippen LogP contribution in [-0.2, 0) is 0 Å². The van der Waals surface area contributed by atoms with Crippen molar-refractivity contribution in [1.82, 2.24) is 4.90 Å². The fraction of sp³-hybridized carbons (Fsp3) is 0.846. The van der Waals surface area contributed by atoms with Crippen molar-refractivity contribution in [2.75, 3.05) is 6.54 Å². The van der Waals surface area contributed by atoms with Gasteiger partial charge in [-0.15, -0.1) is 0 Å². The van der Waals surface area contributed by atoms with E-state index in [1.54, 1.807) is 5.57 Å². The summed E-state index contributed by atoms with van der Waals surface area (Å²) in [6.45, 7) is 15.1. The van der Waals surface area contributed by atoms with Crippen molar-refractivity contribution >= 4 is 0 Å². The van der Waals surface area contributed by atoms with Gasteiger partial charge in [0.15, 0.2) is 0 Å². The predicted octanol–water partition coefficient (Wildman–Crippen LogP) is 3.46. The second-order valence-electron chi connectivity index (χ2n) is 5.71. The molecule has 0 saturated carbocycles. The zero-order valence-electron chi connectivity index (χ0n) is 10.6. The summed E-state index contributed by atoms with van der Waals surface area (Å²) in [6, 6.07) is 1.28. The van der Waals surface area contributed by atoms with Crippen molar-refractivity contribution in [2.45, 2.75) is 60.0 Å². The highest BCUT2D eigenvalue weighted by molar-refractivity contribution is 5.20. The Kier molecular flexibility index (Phi) is 3.41. The van der Waals surface area contributed by atoms with Crippen LogP contribution in [0.2, 0.25) is 0 Å². The summed E-state index contributed by atoms with van der Waals surface area (Å²) in [6.07, 6.45) is 3.67. The van der Waals surface area contributed by atoms with Crippen LogP contribution in [0.5, 0.6) is 0 Å². The molecule has 1 heterocycles. The van der Waals surface area contributed by atoms with Gasteiger partial charge in [-0.2, -0.15) is 0 Å². The third-order valence-corrected chi connectivity index (χ3v) is 3.23. The molecule has 14 heavy (non-hydrogen) atoms. The van der Waals surface area contributed by atoms with Crippen molar-refractivity contribution < 1.29 is 0 Å². The van der Waals surface area contributed by atoms with E-state index in [9.17, 15) is 0 Å². The molecular weight excluding hydrogens is 170 g/mol. The minimum atomic E-state index is 0.326. The van der Waals surface area contributed by atoms with Gasteiger partial charge in [0.2, 0.25) is 0 Å². The van der Waals surface area contributed by atoms with Gasteiger partial charge < -0.3 is 0 Å². The van der Waals surface area contributed by atoms with Crippen LogP contribution in [-0.4, -0.2) is 23.5 Å². The number of nitrogens with zero attached hydrogens (tertiary/aromatic N) is 1. The predicted molar refractivity (Wildman–Crippen MR) is 63.5 cm³/mol. The molecule has 0 radical (unpaired) electrons. The molecule has 0 spiro atoms. The number of hydrogen-bond donors (Lipinski definition) is 0. The largest absolute Gasteiger partial charge is 0.294 e. The van der Waals surface area contributed by atoms with Crippen molar-refractivity contribution in [2.24, 2.45) is 5.41 Å². The lowest BCUT2D eigenvalue weighted by Crippen LogP contribution is -2.45. The molecule has 1 rings (SSSR count). The third-order valence-electron chi connectivity index (χ3n) is 3.23. The molecule has 0 aromatic rings. The van der Waals surface area contributed by atoms with Crippen LogP contribution < -0.4 is 0 Å². The van der Waals surface area contributed by atoms with Gasteiger partial charge in [0.25, 0.3) is 0 Å². The van der Waals surface area contributed by atoms with E-state index in [0.717, 1.165) is 0 Å². The zero-order valence-corrected chi connectivity index (χ0v) is 10.6. The maximum absolute atomic E-state index is 2.60. The van der Waals surface area contributed by atoms with Crippen LogP contribution in [0.3, 0.4) is 0 Å². The molecule has 1 heteroatoms. The summed E-state index contributed by atoms with van der Waals surface area (Å²) in [7, 11) is 0. The maximum atomic E-state index is 2.60. The van der Waals surface area contributed by atoms with Crippen LogP contribution in [0.15, 0.2) is 11.6 Å². The normalized spacial score (nSPS) is 25.4. The Morgan fingerprint density at radius 1 is 1.36 bits per heavy atom. The molecule has 0 N–H and O–H groups in total. The van der Waals surface area contributed by atoms with E-state index in [1.165, 1.54) is 13.0 Å². The number of rotatable bonds is 1. The van der Waals surface area contributed by atoms with Gasteiger partial charge in [0.1, 0.15) is 0 Å². The van der Waals surface area contributed by atoms with E-state index in [-0.39, 0.29) is 0 Å². The Hall–Kier alpha value is -0.300. The van der Waals surface area contributed by atoms with Crippen LogP contribution in [0.25, 0.3) is 0 Å². The lowest BCUT2D eigenvalue weighted by Gasteiger charge is -2.41. The molecule has 0 saturated heterocycles. The first-order valence-electron chi connectivity index (χ1n) is 5.80. The van der Waals surface area contributed by atoms with Gasteiger partial charge in [0.05, 0.1) is 0 Å². The molecule has 0 aromatic carbocycles. The minimum absolute atomic E-state index is 0.326. The van der Waals surface area contributed by atoms with Crippen LogP contribution >= 0.6 is 0 Å². The van der Waals surface area contributed by atoms with Crippen molar-refractivity contribution in [3.05, 3.63) is 11.6 Å². The average molecular weight is 195 g/mol. The average Bonchev–Trinajstić information content (AvgIpc) is 2.01. The fourth-order valence-electron chi connectivity index (χ4n) is 2.55. The molecule has 1 atom stereocenters. The summed E-state index contributed by atoms with van der Waals surface area (Å²) < 4.78 is 0. The molecule has 0 aliphatic carbocycles. The molecule has 0 amide bonds. The van der Waals surface area contributed by atoms with Crippen molar-refractivity contribution in [3.8, 4) is 0 Å². The van der Waals surface area contributed by atoms with E-state index >= 15 is 0 Å². The van der Waals surface area contributed by atoms with Gasteiger partial charge in [-0.05, 0) is 32.6 Å². The van der Waals surface area contributed by atoms with Crippen molar-refractivity contribution in [1.29, 1.82) is 0 Å². The summed E-state index contributed by atoms with van der Waals surface area (Å²) in [4.78, 5) is 2.60. The van der Waals surface area contributed by atoms with E-state index in [4.69, 9.17) is 0 Å². The van der Waals surface area contributed by atoms with Gasteiger partial charge in [-0.25, -0.2) is 0 Å². The Balaban J connectivity index is 2.84. The molecule has 0 unspecified atom stereocenters. The topological polar surface area (TPSA) is 3.24 Å². The lowest BCUT2D eigenvalue weighted by molar-refractivity contribution is 0.161. The Bertz CT molecular complexity index is 220. The van der Waals surface area contributed by atoms with Gasteiger partial charge in [0, 0.05) is 18.6 Å². The van der Waals surface area contributed by atoms with E-state index in [1.807, 2.05) is 0 Å². The van der Waals surface area contributed by atoms with Gasteiger partial charge in [-0.1, -0.05) is 32.4 Å². The highest BCUT2D eigenvalue weighted by Gasteiger charge is 2.29. The summed E-state index contributed by atoms with van der Waals surface area (Å²) in [5.74, 6) is 0. The lowest BCUT2D eigenvalue weighted by atomic mass is 9.79. The minimum Gasteiger partial charge on any atom is -0.294 e. The summed E-state index contributed by atoms with van der Waals surface area (Å²) in [5, 5.41) is 0. The van der Waals surface area contributed by atoms with Crippen molar-refractivity contribution in [3.63, 3.8) is 0 Å². The number of hydrogen-bond acceptors (Lipinski definition) is 1. The highest BCUT2D eigenvalue weighted by atomic mass is 15.2. The first-order valence-corrected chi connectivity index (χ1v) is 5.80. The Labute approximate surface area is 89.2 Å². The molecule has 0 aromatic heterocycles. The zero-order chi connectivity index (χ0) is 10.9. The molecule has 1 aliphatic heterocycles. The molecule has 0 fully saturated rings. The molecule has 0 bridgehead atoms. The smallest absolute Gasteiger partial charge is 0.0287 e. The molecule has 1 aliphatic rings. The standard InChI is InChI=1S/C13H25N/c1-10(2)14-9-7-8-12(11(14)3)13(4,5)6/h8,10-11H,7,9H2,1-6H3/t11-/m0/s1. The monoisotopic (exact) mass is 195 g/mol. The van der Waals surface area contributed by atoms with E-state index in [0.29, 0.717) is 17.5 Å². The van der Waals surface area contributed by atoms with Gasteiger partial charge in [-0.3, -0.25) is 4.90 Å². The molecular formula is C13H25N. The maximum Gasteiger partial charge on any atom is 0.0287 e. The van der Waals surface area contributed by atoms with Gasteiger partial charge >= 0.3 is 0 Å². The third kappa shape index (κ3) is 2.38. The second-order valence-corrected chi connectivity index (χ2v) is 5.71. The van der Waals surface area contributed by atoms with Crippen LogP contribution in [0.4, 0.5) is 0 Å². The Morgan fingerprint density at radius 3 is 2.36 bits per heavy atom. The summed E-state index contributed by atoms with van der Waals surface area (Å²) >= 11 is 0. The fourth-order valence-corrected chi connectivity index (χ4v) is 2.55. The first-order chi connectivity index (χ1) is 6.34. The highest BCUT2D eigenvalue weighted by Crippen LogP contribution is 2.33. The Morgan fingerprint density at radius 2 is 1.93 bits per heavy atom. The molecule has 1 nitrogen and oxygen atoms in total. The second kappa shape index (κ2) is 4.06. The quantitative estimate of drug-likeness (QED) is 0.579. The van der Waals surface area contributed by atoms with Crippen LogP contribution in [0.1, 0.15) is 48.0 Å². The SMILES string of the molecule is CC(C)N1CCC=C(C(C)(C)C)[C@@H]1C. The van der Waals surface area contributed by atoms with Crippen LogP contribution in [0, 0.1) is 5.41 Å². The van der Waals surface area contributed by atoms with E-state index < -0.39 is 0 Å².